The van der Waals surface area contributed by atoms with Crippen molar-refractivity contribution in [1.82, 2.24) is 4.90 Å². The Balaban J connectivity index is 2.12. The quantitative estimate of drug-likeness (QED) is 0.881. The summed E-state index contributed by atoms with van der Waals surface area (Å²) in [6.07, 6.45) is 0.316. The molecule has 0 aliphatic carbocycles. The smallest absolute Gasteiger partial charge is 0.143 e. The Morgan fingerprint density at radius 1 is 1.42 bits per heavy atom. The van der Waals surface area contributed by atoms with Crippen LogP contribution in [0.5, 0.6) is 5.75 Å². The summed E-state index contributed by atoms with van der Waals surface area (Å²) in [7, 11) is 4.03. The highest BCUT2D eigenvalue weighted by atomic mass is 16.5. The molecule has 1 atom stereocenters. The van der Waals surface area contributed by atoms with Crippen molar-refractivity contribution in [2.75, 3.05) is 45.2 Å². The first-order valence-electron chi connectivity index (χ1n) is 6.96. The molecule has 0 saturated carbocycles. The Morgan fingerprint density at radius 2 is 2.21 bits per heavy atom. The number of benzene rings is 1. The first-order valence-corrected chi connectivity index (χ1v) is 6.96. The largest absolute Gasteiger partial charge is 0.490 e. The summed E-state index contributed by atoms with van der Waals surface area (Å²) in [5.41, 5.74) is 2.08. The third-order valence-electron chi connectivity index (χ3n) is 3.56. The van der Waals surface area contributed by atoms with Crippen molar-refractivity contribution < 1.29 is 9.84 Å². The zero-order chi connectivity index (χ0) is 13.8. The molecule has 1 aromatic carbocycles. The molecule has 4 nitrogen and oxygen atoms in total. The first kappa shape index (κ1) is 14.2. The van der Waals surface area contributed by atoms with E-state index < -0.39 is 6.10 Å². The van der Waals surface area contributed by atoms with Crippen LogP contribution in [0.2, 0.25) is 0 Å². The average molecular weight is 264 g/mol. The summed E-state index contributed by atoms with van der Waals surface area (Å²) in [5, 5.41) is 10.2. The lowest BCUT2D eigenvalue weighted by molar-refractivity contribution is 0.153. The van der Waals surface area contributed by atoms with E-state index >= 15 is 0 Å². The maximum Gasteiger partial charge on any atom is 0.143 e. The van der Waals surface area contributed by atoms with Gasteiger partial charge >= 0.3 is 0 Å². The van der Waals surface area contributed by atoms with E-state index in [1.54, 1.807) is 0 Å². The van der Waals surface area contributed by atoms with Crippen LogP contribution < -0.4 is 9.64 Å². The molecule has 0 bridgehead atoms. The molecule has 2 rings (SSSR count). The molecule has 0 saturated heterocycles. The van der Waals surface area contributed by atoms with Crippen LogP contribution in [0.1, 0.15) is 25.0 Å². The molecule has 0 amide bonds. The maximum atomic E-state index is 10.2. The lowest BCUT2D eigenvalue weighted by Gasteiger charge is -2.30. The zero-order valence-electron chi connectivity index (χ0n) is 12.1. The van der Waals surface area contributed by atoms with Crippen molar-refractivity contribution in [2.24, 2.45) is 0 Å². The number of likely N-dealkylation sites (N-methyl/N-ethyl adjacent to an activating group) is 1. The third kappa shape index (κ3) is 3.39. The molecule has 1 aliphatic rings. The fourth-order valence-corrected chi connectivity index (χ4v) is 2.38. The second kappa shape index (κ2) is 6.26. The molecule has 0 aromatic heterocycles. The molecule has 106 valence electrons. The molecular formula is C15H24N2O2. The highest BCUT2D eigenvalue weighted by Crippen LogP contribution is 2.34. The van der Waals surface area contributed by atoms with Gasteiger partial charge in [-0.2, -0.15) is 0 Å². The molecule has 19 heavy (non-hydrogen) atoms. The Morgan fingerprint density at radius 3 is 2.89 bits per heavy atom. The molecule has 0 radical (unpaired) electrons. The van der Waals surface area contributed by atoms with Gasteiger partial charge in [0, 0.05) is 13.1 Å². The van der Waals surface area contributed by atoms with Crippen molar-refractivity contribution in [3.63, 3.8) is 0 Å². The van der Waals surface area contributed by atoms with E-state index in [0.717, 1.165) is 49.7 Å². The Kier molecular flexibility index (Phi) is 4.66. The normalized spacial score (nSPS) is 16.2. The van der Waals surface area contributed by atoms with Crippen LogP contribution in [0.15, 0.2) is 18.2 Å². The van der Waals surface area contributed by atoms with Gasteiger partial charge in [-0.15, -0.1) is 0 Å². The highest BCUT2D eigenvalue weighted by molar-refractivity contribution is 5.61. The fraction of sp³-hybridized carbons (Fsp3) is 0.600. The summed E-state index contributed by atoms with van der Waals surface area (Å²) in [6.45, 7) is 5.66. The van der Waals surface area contributed by atoms with Gasteiger partial charge in [0.2, 0.25) is 0 Å². The Bertz CT molecular complexity index is 421. The minimum absolute atomic E-state index is 0.423. The van der Waals surface area contributed by atoms with E-state index in [9.17, 15) is 5.11 Å². The average Bonchev–Trinajstić information content (AvgIpc) is 2.43. The van der Waals surface area contributed by atoms with Crippen LogP contribution in [0.25, 0.3) is 0 Å². The lowest BCUT2D eigenvalue weighted by atomic mass is 10.0. The van der Waals surface area contributed by atoms with E-state index in [1.165, 1.54) is 0 Å². The van der Waals surface area contributed by atoms with E-state index in [-0.39, 0.29) is 0 Å². The molecule has 1 N–H and O–H groups in total. The second-order valence-corrected chi connectivity index (χ2v) is 5.26. The maximum absolute atomic E-state index is 10.2. The summed E-state index contributed by atoms with van der Waals surface area (Å²) < 4.78 is 5.71. The van der Waals surface area contributed by atoms with Crippen molar-refractivity contribution in [2.45, 2.75) is 19.4 Å². The van der Waals surface area contributed by atoms with E-state index in [1.807, 2.05) is 26.2 Å². The molecular weight excluding hydrogens is 240 g/mol. The van der Waals surface area contributed by atoms with E-state index in [0.29, 0.717) is 0 Å². The number of aliphatic hydroxyl groups excluding tert-OH is 1. The van der Waals surface area contributed by atoms with Crippen LogP contribution in [-0.4, -0.2) is 50.3 Å². The Hall–Kier alpha value is -1.26. The van der Waals surface area contributed by atoms with Crippen molar-refractivity contribution in [3.05, 3.63) is 23.8 Å². The van der Waals surface area contributed by atoms with Gasteiger partial charge in [-0.25, -0.2) is 0 Å². The van der Waals surface area contributed by atoms with Gasteiger partial charge in [0.05, 0.1) is 18.3 Å². The minimum atomic E-state index is -0.423. The summed E-state index contributed by atoms with van der Waals surface area (Å²) >= 11 is 0. The summed E-state index contributed by atoms with van der Waals surface area (Å²) in [4.78, 5) is 4.38. The number of anilines is 1. The van der Waals surface area contributed by atoms with Gasteiger partial charge in [0.15, 0.2) is 0 Å². The highest BCUT2D eigenvalue weighted by Gasteiger charge is 2.18. The van der Waals surface area contributed by atoms with Crippen molar-refractivity contribution >= 4 is 5.69 Å². The number of rotatable bonds is 5. The van der Waals surface area contributed by atoms with Crippen LogP contribution in [0.3, 0.4) is 0 Å². The van der Waals surface area contributed by atoms with E-state index in [4.69, 9.17) is 4.74 Å². The first-order chi connectivity index (χ1) is 9.11. The van der Waals surface area contributed by atoms with Crippen molar-refractivity contribution in [3.8, 4) is 5.75 Å². The predicted octanol–water partition coefficient (Wildman–Crippen LogP) is 1.89. The molecule has 1 unspecified atom stereocenters. The van der Waals surface area contributed by atoms with Crippen LogP contribution >= 0.6 is 0 Å². The molecule has 0 spiro atoms. The van der Waals surface area contributed by atoms with Crippen LogP contribution in [0, 0.1) is 0 Å². The number of ether oxygens (including phenoxy) is 1. The summed E-state index contributed by atoms with van der Waals surface area (Å²) in [5.74, 6) is 0.898. The standard InChI is InChI=1S/C15H24N2O2/c1-4-17-9-10-19-15-11-12(5-6-13(15)17)14(18)7-8-16(2)3/h5-6,11,14,18H,4,7-10H2,1-3H3. The molecule has 0 fully saturated rings. The van der Waals surface area contributed by atoms with Gasteiger partial charge in [-0.3, -0.25) is 0 Å². The van der Waals surface area contributed by atoms with Gasteiger partial charge in [-0.1, -0.05) is 6.07 Å². The van der Waals surface area contributed by atoms with Gasteiger partial charge in [0.25, 0.3) is 0 Å². The topological polar surface area (TPSA) is 35.9 Å². The van der Waals surface area contributed by atoms with Crippen LogP contribution in [-0.2, 0) is 0 Å². The second-order valence-electron chi connectivity index (χ2n) is 5.26. The monoisotopic (exact) mass is 264 g/mol. The SMILES string of the molecule is CCN1CCOc2cc(C(O)CCN(C)C)ccc21. The predicted molar refractivity (Wildman–Crippen MR) is 78.0 cm³/mol. The fourth-order valence-electron chi connectivity index (χ4n) is 2.38. The van der Waals surface area contributed by atoms with Gasteiger partial charge in [0.1, 0.15) is 12.4 Å². The number of nitrogens with zero attached hydrogens (tertiary/aromatic N) is 2. The van der Waals surface area contributed by atoms with Gasteiger partial charge in [-0.05, 0) is 45.1 Å². The molecule has 1 aromatic rings. The number of hydrogen-bond donors (Lipinski definition) is 1. The Labute approximate surface area is 115 Å². The van der Waals surface area contributed by atoms with Gasteiger partial charge < -0.3 is 19.6 Å². The third-order valence-corrected chi connectivity index (χ3v) is 3.56. The molecule has 4 heteroatoms. The zero-order valence-corrected chi connectivity index (χ0v) is 12.1. The van der Waals surface area contributed by atoms with E-state index in [2.05, 4.69) is 22.8 Å². The molecule has 1 aliphatic heterocycles. The lowest BCUT2D eigenvalue weighted by Crippen LogP contribution is -2.32. The minimum Gasteiger partial charge on any atom is -0.490 e. The molecule has 1 heterocycles. The number of aliphatic hydroxyl groups is 1. The van der Waals surface area contributed by atoms with Crippen molar-refractivity contribution in [1.29, 1.82) is 0 Å². The van der Waals surface area contributed by atoms with Crippen LogP contribution in [0.4, 0.5) is 5.69 Å². The number of fused-ring (bicyclic) bond motifs is 1. The number of hydrogen-bond acceptors (Lipinski definition) is 4. The summed E-state index contributed by atoms with van der Waals surface area (Å²) in [6, 6.07) is 6.06.